The molecule has 0 spiro atoms. The molecule has 3 unspecified atom stereocenters. The number of nitrogens with one attached hydrogen (secondary N) is 1. The van der Waals surface area contributed by atoms with Crippen molar-refractivity contribution in [1.82, 2.24) is 5.32 Å². The number of amides is 1. The number of nitrogens with two attached hydrogens (primary N) is 1. The highest BCUT2D eigenvalue weighted by Crippen LogP contribution is 2.29. The van der Waals surface area contributed by atoms with Crippen molar-refractivity contribution in [3.63, 3.8) is 0 Å². The Bertz CT molecular complexity index is 240. The van der Waals surface area contributed by atoms with E-state index in [1.54, 1.807) is 0 Å². The molecule has 100 valence electrons. The van der Waals surface area contributed by atoms with Crippen LogP contribution in [0, 0.1) is 11.8 Å². The van der Waals surface area contributed by atoms with Crippen LogP contribution in [0.1, 0.15) is 59.3 Å². The van der Waals surface area contributed by atoms with Gasteiger partial charge >= 0.3 is 0 Å². The SMILES string of the molecule is CC(C)CC1CCCC(NC(C)CC(N)=O)C1. The highest BCUT2D eigenvalue weighted by atomic mass is 16.1. The second-order valence-corrected chi connectivity index (χ2v) is 6.10. The van der Waals surface area contributed by atoms with E-state index in [1.807, 2.05) is 0 Å². The zero-order valence-corrected chi connectivity index (χ0v) is 11.5. The second-order valence-electron chi connectivity index (χ2n) is 6.10. The molecule has 0 aliphatic heterocycles. The van der Waals surface area contributed by atoms with Gasteiger partial charge in [0.1, 0.15) is 0 Å². The first-order chi connectivity index (χ1) is 7.97. The molecule has 17 heavy (non-hydrogen) atoms. The van der Waals surface area contributed by atoms with E-state index in [1.165, 1.54) is 32.1 Å². The van der Waals surface area contributed by atoms with E-state index in [9.17, 15) is 4.79 Å². The summed E-state index contributed by atoms with van der Waals surface area (Å²) >= 11 is 0. The molecule has 0 radical (unpaired) electrons. The third kappa shape index (κ3) is 6.06. The smallest absolute Gasteiger partial charge is 0.218 e. The summed E-state index contributed by atoms with van der Waals surface area (Å²) in [5.74, 6) is 1.45. The lowest BCUT2D eigenvalue weighted by Gasteiger charge is -2.32. The Balaban J connectivity index is 2.31. The Morgan fingerprint density at radius 1 is 1.35 bits per heavy atom. The summed E-state index contributed by atoms with van der Waals surface area (Å²) in [6.45, 7) is 6.65. The lowest BCUT2D eigenvalue weighted by Crippen LogP contribution is -2.41. The zero-order valence-electron chi connectivity index (χ0n) is 11.5. The van der Waals surface area contributed by atoms with Crippen LogP contribution in [-0.2, 0) is 4.79 Å². The zero-order chi connectivity index (χ0) is 12.8. The maximum atomic E-state index is 10.8. The maximum absolute atomic E-state index is 10.8. The molecule has 3 N–H and O–H groups in total. The van der Waals surface area contributed by atoms with Gasteiger partial charge in [-0.05, 0) is 38.0 Å². The predicted octanol–water partition coefficient (Wildman–Crippen LogP) is 2.44. The molecule has 1 amide bonds. The fourth-order valence-electron chi connectivity index (χ4n) is 3.09. The molecule has 0 bridgehead atoms. The van der Waals surface area contributed by atoms with Crippen LogP contribution >= 0.6 is 0 Å². The van der Waals surface area contributed by atoms with E-state index in [4.69, 9.17) is 5.73 Å². The summed E-state index contributed by atoms with van der Waals surface area (Å²) in [5.41, 5.74) is 5.21. The average molecular weight is 240 g/mol. The fourth-order valence-corrected chi connectivity index (χ4v) is 3.09. The highest BCUT2D eigenvalue weighted by Gasteiger charge is 2.23. The van der Waals surface area contributed by atoms with Crippen LogP contribution < -0.4 is 11.1 Å². The Labute approximate surface area is 106 Å². The minimum Gasteiger partial charge on any atom is -0.370 e. The van der Waals surface area contributed by atoms with E-state index in [0.717, 1.165) is 11.8 Å². The molecule has 1 aliphatic rings. The number of hydrogen-bond donors (Lipinski definition) is 2. The van der Waals surface area contributed by atoms with Gasteiger partial charge in [-0.2, -0.15) is 0 Å². The van der Waals surface area contributed by atoms with Crippen molar-refractivity contribution >= 4 is 5.91 Å². The molecular weight excluding hydrogens is 212 g/mol. The van der Waals surface area contributed by atoms with E-state index in [-0.39, 0.29) is 11.9 Å². The molecule has 3 nitrogen and oxygen atoms in total. The molecule has 0 saturated heterocycles. The summed E-state index contributed by atoms with van der Waals surface area (Å²) in [6.07, 6.45) is 6.99. The Hall–Kier alpha value is -0.570. The monoisotopic (exact) mass is 240 g/mol. The maximum Gasteiger partial charge on any atom is 0.218 e. The van der Waals surface area contributed by atoms with Crippen LogP contribution in [0.2, 0.25) is 0 Å². The third-order valence-corrected chi connectivity index (χ3v) is 3.62. The summed E-state index contributed by atoms with van der Waals surface area (Å²) in [5, 5.41) is 3.55. The molecule has 0 aromatic heterocycles. The van der Waals surface area contributed by atoms with Crippen molar-refractivity contribution < 1.29 is 4.79 Å². The van der Waals surface area contributed by atoms with Crippen molar-refractivity contribution in [2.24, 2.45) is 17.6 Å². The van der Waals surface area contributed by atoms with Gasteiger partial charge in [0.15, 0.2) is 0 Å². The van der Waals surface area contributed by atoms with E-state index in [0.29, 0.717) is 12.5 Å². The molecular formula is C14H28N2O. The summed E-state index contributed by atoms with van der Waals surface area (Å²) in [7, 11) is 0. The predicted molar refractivity (Wildman–Crippen MR) is 71.6 cm³/mol. The van der Waals surface area contributed by atoms with E-state index >= 15 is 0 Å². The molecule has 0 aromatic carbocycles. The quantitative estimate of drug-likeness (QED) is 0.749. The summed E-state index contributed by atoms with van der Waals surface area (Å²) in [6, 6.07) is 0.803. The number of carbonyl (C=O) groups excluding carboxylic acids is 1. The number of carbonyl (C=O) groups is 1. The molecule has 1 fully saturated rings. The van der Waals surface area contributed by atoms with Gasteiger partial charge < -0.3 is 11.1 Å². The lowest BCUT2D eigenvalue weighted by atomic mass is 9.81. The number of hydrogen-bond acceptors (Lipinski definition) is 2. The molecule has 0 heterocycles. The second kappa shape index (κ2) is 7.00. The van der Waals surface area contributed by atoms with Gasteiger partial charge in [-0.3, -0.25) is 4.79 Å². The number of primary amides is 1. The first kappa shape index (κ1) is 14.5. The molecule has 1 saturated carbocycles. The lowest BCUT2D eigenvalue weighted by molar-refractivity contribution is -0.118. The fraction of sp³-hybridized carbons (Fsp3) is 0.929. The van der Waals surface area contributed by atoms with E-state index in [2.05, 4.69) is 26.1 Å². The molecule has 3 heteroatoms. The van der Waals surface area contributed by atoms with Crippen molar-refractivity contribution in [3.8, 4) is 0 Å². The van der Waals surface area contributed by atoms with E-state index < -0.39 is 0 Å². The molecule has 0 aromatic rings. The Morgan fingerprint density at radius 3 is 2.65 bits per heavy atom. The standard InChI is InChI=1S/C14H28N2O/c1-10(2)7-12-5-4-6-13(9-12)16-11(3)8-14(15)17/h10-13,16H,4-9H2,1-3H3,(H2,15,17). The van der Waals surface area contributed by atoms with Crippen molar-refractivity contribution in [2.45, 2.75) is 71.4 Å². The molecule has 3 atom stereocenters. The average Bonchev–Trinajstić information content (AvgIpc) is 2.14. The van der Waals surface area contributed by atoms with Crippen molar-refractivity contribution in [3.05, 3.63) is 0 Å². The Kier molecular flexibility index (Phi) is 5.96. The van der Waals surface area contributed by atoms with Crippen LogP contribution in [0.4, 0.5) is 0 Å². The first-order valence-corrected chi connectivity index (χ1v) is 7.01. The van der Waals surface area contributed by atoms with Crippen LogP contribution in [0.3, 0.4) is 0 Å². The normalized spacial score (nSPS) is 27.1. The van der Waals surface area contributed by atoms with Gasteiger partial charge in [0.25, 0.3) is 0 Å². The van der Waals surface area contributed by atoms with Gasteiger partial charge in [0.05, 0.1) is 0 Å². The largest absolute Gasteiger partial charge is 0.370 e. The van der Waals surface area contributed by atoms with Crippen LogP contribution in [0.5, 0.6) is 0 Å². The van der Waals surface area contributed by atoms with Crippen molar-refractivity contribution in [1.29, 1.82) is 0 Å². The van der Waals surface area contributed by atoms with Gasteiger partial charge in [-0.25, -0.2) is 0 Å². The third-order valence-electron chi connectivity index (χ3n) is 3.62. The number of rotatable bonds is 6. The van der Waals surface area contributed by atoms with Gasteiger partial charge in [0, 0.05) is 18.5 Å². The van der Waals surface area contributed by atoms with Gasteiger partial charge in [-0.15, -0.1) is 0 Å². The minimum absolute atomic E-state index is 0.209. The highest BCUT2D eigenvalue weighted by molar-refractivity contribution is 5.74. The van der Waals surface area contributed by atoms with Crippen LogP contribution in [0.25, 0.3) is 0 Å². The minimum atomic E-state index is -0.209. The van der Waals surface area contributed by atoms with Crippen LogP contribution in [0.15, 0.2) is 0 Å². The topological polar surface area (TPSA) is 55.1 Å². The van der Waals surface area contributed by atoms with Gasteiger partial charge in [-0.1, -0.05) is 26.7 Å². The summed E-state index contributed by atoms with van der Waals surface area (Å²) in [4.78, 5) is 10.8. The first-order valence-electron chi connectivity index (χ1n) is 7.01. The molecule has 1 rings (SSSR count). The molecule has 1 aliphatic carbocycles. The van der Waals surface area contributed by atoms with Crippen molar-refractivity contribution in [2.75, 3.05) is 0 Å². The summed E-state index contributed by atoms with van der Waals surface area (Å²) < 4.78 is 0. The Morgan fingerprint density at radius 2 is 2.06 bits per heavy atom. The van der Waals surface area contributed by atoms with Crippen LogP contribution in [-0.4, -0.2) is 18.0 Å². The van der Waals surface area contributed by atoms with Gasteiger partial charge in [0.2, 0.25) is 5.91 Å².